The van der Waals surface area contributed by atoms with E-state index in [2.05, 4.69) is 0 Å². The minimum Gasteiger partial charge on any atom is -0.465 e. The van der Waals surface area contributed by atoms with E-state index in [9.17, 15) is 14.7 Å². The van der Waals surface area contributed by atoms with E-state index >= 15 is 0 Å². The Morgan fingerprint density at radius 2 is 2.10 bits per heavy atom. The molecule has 0 radical (unpaired) electrons. The van der Waals surface area contributed by atoms with Crippen molar-refractivity contribution in [3.05, 3.63) is 34.9 Å². The van der Waals surface area contributed by atoms with Gasteiger partial charge in [0.2, 0.25) is 0 Å². The average Bonchev–Trinajstić information content (AvgIpc) is 2.36. The van der Waals surface area contributed by atoms with Crippen LogP contribution in [0.1, 0.15) is 61.1 Å². The van der Waals surface area contributed by atoms with Crippen molar-refractivity contribution in [1.29, 1.82) is 0 Å². The number of fused-ring (bicyclic) bond motifs is 1. The molecule has 0 saturated heterocycles. The Morgan fingerprint density at radius 1 is 1.40 bits per heavy atom. The van der Waals surface area contributed by atoms with Crippen molar-refractivity contribution in [2.24, 2.45) is 0 Å². The van der Waals surface area contributed by atoms with E-state index in [1.807, 2.05) is 32.9 Å². The summed E-state index contributed by atoms with van der Waals surface area (Å²) in [5.74, 6) is 0. The van der Waals surface area contributed by atoms with Gasteiger partial charge in [-0.1, -0.05) is 12.1 Å². The highest BCUT2D eigenvalue weighted by Gasteiger charge is 2.36. The third-order valence-electron chi connectivity index (χ3n) is 3.83. The van der Waals surface area contributed by atoms with Gasteiger partial charge in [0.1, 0.15) is 6.29 Å². The summed E-state index contributed by atoms with van der Waals surface area (Å²) in [5, 5.41) is 9.56. The van der Waals surface area contributed by atoms with Crippen LogP contribution in [0.3, 0.4) is 0 Å². The van der Waals surface area contributed by atoms with Crippen LogP contribution in [-0.4, -0.2) is 27.9 Å². The molecule has 1 N–H and O–H groups in total. The van der Waals surface area contributed by atoms with Gasteiger partial charge in [-0.3, -0.25) is 9.69 Å². The molecule has 20 heavy (non-hydrogen) atoms. The van der Waals surface area contributed by atoms with Gasteiger partial charge in [-0.2, -0.15) is 0 Å². The molecule has 0 saturated carbocycles. The Hall–Kier alpha value is -1.84. The van der Waals surface area contributed by atoms with E-state index in [0.717, 1.165) is 36.7 Å². The molecule has 1 aromatic rings. The number of carbonyl (C=O) groups excluding carboxylic acids is 1. The minimum atomic E-state index is -0.894. The predicted molar refractivity (Wildman–Crippen MR) is 77.1 cm³/mol. The van der Waals surface area contributed by atoms with Crippen LogP contribution in [0.2, 0.25) is 0 Å². The lowest BCUT2D eigenvalue weighted by Crippen LogP contribution is -2.48. The largest absolute Gasteiger partial charge is 0.465 e. The monoisotopic (exact) mass is 275 g/mol. The quantitative estimate of drug-likeness (QED) is 0.838. The summed E-state index contributed by atoms with van der Waals surface area (Å²) in [6.07, 6.45) is 2.62. The summed E-state index contributed by atoms with van der Waals surface area (Å²) in [4.78, 5) is 24.1. The first-order valence-corrected chi connectivity index (χ1v) is 6.95. The molecule has 1 aliphatic carbocycles. The number of carboxylic acid groups (broad SMARTS) is 1. The molecular weight excluding hydrogens is 254 g/mol. The van der Waals surface area contributed by atoms with Gasteiger partial charge in [-0.25, -0.2) is 4.79 Å². The first-order valence-electron chi connectivity index (χ1n) is 6.95. The molecule has 1 aromatic carbocycles. The number of nitrogens with zero attached hydrogens (tertiary/aromatic N) is 1. The second-order valence-electron chi connectivity index (χ2n) is 6.31. The molecule has 0 fully saturated rings. The van der Waals surface area contributed by atoms with Gasteiger partial charge in [0, 0.05) is 11.1 Å². The Labute approximate surface area is 119 Å². The Morgan fingerprint density at radius 3 is 2.65 bits per heavy atom. The maximum atomic E-state index is 11.6. The predicted octanol–water partition coefficient (Wildman–Crippen LogP) is 3.66. The first-order chi connectivity index (χ1) is 9.34. The normalized spacial score (nSPS) is 18.2. The van der Waals surface area contributed by atoms with Crippen LogP contribution in [0, 0.1) is 0 Å². The van der Waals surface area contributed by atoms with Gasteiger partial charge in [0.25, 0.3) is 0 Å². The molecule has 0 aliphatic heterocycles. The fourth-order valence-corrected chi connectivity index (χ4v) is 3.04. The lowest BCUT2D eigenvalue weighted by atomic mass is 9.84. The molecule has 1 aliphatic rings. The maximum Gasteiger partial charge on any atom is 0.408 e. The second-order valence-corrected chi connectivity index (χ2v) is 6.31. The van der Waals surface area contributed by atoms with Crippen molar-refractivity contribution >= 4 is 12.4 Å². The molecule has 0 heterocycles. The van der Waals surface area contributed by atoms with Crippen molar-refractivity contribution in [2.75, 3.05) is 0 Å². The smallest absolute Gasteiger partial charge is 0.408 e. The summed E-state index contributed by atoms with van der Waals surface area (Å²) in [6.45, 7) is 5.74. The highest BCUT2D eigenvalue weighted by Crippen LogP contribution is 2.38. The van der Waals surface area contributed by atoms with Gasteiger partial charge in [-0.15, -0.1) is 0 Å². The number of carbonyl (C=O) groups is 2. The van der Waals surface area contributed by atoms with Crippen molar-refractivity contribution < 1.29 is 14.7 Å². The van der Waals surface area contributed by atoms with Gasteiger partial charge >= 0.3 is 6.09 Å². The molecule has 4 heteroatoms. The number of amides is 1. The number of rotatable bonds is 2. The Balaban J connectivity index is 2.46. The lowest BCUT2D eigenvalue weighted by molar-refractivity contribution is 0.0637. The topological polar surface area (TPSA) is 57.6 Å². The number of aldehydes is 1. The number of hydrogen-bond donors (Lipinski definition) is 1. The van der Waals surface area contributed by atoms with Crippen LogP contribution in [0.4, 0.5) is 4.79 Å². The van der Waals surface area contributed by atoms with Crippen LogP contribution >= 0.6 is 0 Å². The zero-order valence-corrected chi connectivity index (χ0v) is 12.2. The van der Waals surface area contributed by atoms with Crippen LogP contribution in [0.25, 0.3) is 0 Å². The fraction of sp³-hybridized carbons (Fsp3) is 0.500. The molecule has 0 spiro atoms. The Bertz CT molecular complexity index is 531. The number of aryl methyl sites for hydroxylation is 1. The van der Waals surface area contributed by atoms with E-state index in [0.29, 0.717) is 5.56 Å². The van der Waals surface area contributed by atoms with Gasteiger partial charge in [-0.05, 0) is 57.2 Å². The Kier molecular flexibility index (Phi) is 3.84. The van der Waals surface area contributed by atoms with Crippen LogP contribution < -0.4 is 0 Å². The molecule has 2 rings (SSSR count). The van der Waals surface area contributed by atoms with Gasteiger partial charge in [0.15, 0.2) is 0 Å². The van der Waals surface area contributed by atoms with E-state index in [-0.39, 0.29) is 6.04 Å². The van der Waals surface area contributed by atoms with Crippen molar-refractivity contribution in [1.82, 2.24) is 4.90 Å². The van der Waals surface area contributed by atoms with E-state index in [1.165, 1.54) is 4.90 Å². The molecule has 1 atom stereocenters. The summed E-state index contributed by atoms with van der Waals surface area (Å²) in [5.41, 5.74) is 2.34. The average molecular weight is 275 g/mol. The third-order valence-corrected chi connectivity index (χ3v) is 3.83. The molecule has 0 bridgehead atoms. The highest BCUT2D eigenvalue weighted by molar-refractivity contribution is 5.75. The summed E-state index contributed by atoms with van der Waals surface area (Å²) in [7, 11) is 0. The SMILES string of the molecule is CC(C)(C)N(C(=O)O)[C@@H]1CCCc2cc(C=O)ccc21. The molecule has 4 nitrogen and oxygen atoms in total. The lowest BCUT2D eigenvalue weighted by Gasteiger charge is -2.42. The van der Waals surface area contributed by atoms with Crippen LogP contribution in [0.15, 0.2) is 18.2 Å². The van der Waals surface area contributed by atoms with Crippen LogP contribution in [-0.2, 0) is 6.42 Å². The third kappa shape index (κ3) is 2.69. The van der Waals surface area contributed by atoms with Crippen molar-refractivity contribution in [2.45, 2.75) is 51.6 Å². The van der Waals surface area contributed by atoms with E-state index in [4.69, 9.17) is 0 Å². The summed E-state index contributed by atoms with van der Waals surface area (Å²) < 4.78 is 0. The highest BCUT2D eigenvalue weighted by atomic mass is 16.4. The molecular formula is C16H21NO3. The number of benzene rings is 1. The van der Waals surface area contributed by atoms with Crippen molar-refractivity contribution in [3.8, 4) is 0 Å². The molecule has 1 amide bonds. The molecule has 108 valence electrons. The zero-order chi connectivity index (χ0) is 14.9. The first kappa shape index (κ1) is 14.6. The van der Waals surface area contributed by atoms with Gasteiger partial charge in [0.05, 0.1) is 6.04 Å². The van der Waals surface area contributed by atoms with Crippen molar-refractivity contribution in [3.63, 3.8) is 0 Å². The van der Waals surface area contributed by atoms with E-state index in [1.54, 1.807) is 6.07 Å². The summed E-state index contributed by atoms with van der Waals surface area (Å²) in [6, 6.07) is 5.44. The summed E-state index contributed by atoms with van der Waals surface area (Å²) >= 11 is 0. The van der Waals surface area contributed by atoms with E-state index < -0.39 is 11.6 Å². The fourth-order valence-electron chi connectivity index (χ4n) is 3.04. The second kappa shape index (κ2) is 5.27. The standard InChI is InChI=1S/C16H21NO3/c1-16(2,3)17(15(19)20)14-6-4-5-12-9-11(10-18)7-8-13(12)14/h7-10,14H,4-6H2,1-3H3,(H,19,20)/t14-/m1/s1. The maximum absolute atomic E-state index is 11.6. The minimum absolute atomic E-state index is 0.128. The zero-order valence-electron chi connectivity index (χ0n) is 12.2. The molecule has 0 aromatic heterocycles. The van der Waals surface area contributed by atoms with Gasteiger partial charge < -0.3 is 5.11 Å². The van der Waals surface area contributed by atoms with Crippen LogP contribution in [0.5, 0.6) is 0 Å². The molecule has 0 unspecified atom stereocenters. The number of hydrogen-bond acceptors (Lipinski definition) is 2.